The molecule has 0 aliphatic carbocycles. The van der Waals surface area contributed by atoms with Gasteiger partial charge in [0.2, 0.25) is 5.91 Å². The molecule has 1 N–H and O–H groups in total. The first-order valence-electron chi connectivity index (χ1n) is 9.34. The van der Waals surface area contributed by atoms with Crippen LogP contribution in [-0.2, 0) is 17.8 Å². The van der Waals surface area contributed by atoms with Crippen LogP contribution in [0.15, 0.2) is 54.6 Å². The van der Waals surface area contributed by atoms with Crippen molar-refractivity contribution in [1.29, 1.82) is 0 Å². The number of aryl methyl sites for hydroxylation is 3. The molecule has 1 heterocycles. The van der Waals surface area contributed by atoms with Crippen LogP contribution in [0, 0.1) is 13.8 Å². The molecule has 1 amide bonds. The number of halogens is 1. The zero-order valence-corrected chi connectivity index (χ0v) is 17.1. The van der Waals surface area contributed by atoms with Crippen molar-refractivity contribution < 1.29 is 4.79 Å². The van der Waals surface area contributed by atoms with E-state index in [1.807, 2.05) is 62.4 Å². The Kier molecular flexibility index (Phi) is 6.32. The highest BCUT2D eigenvalue weighted by Crippen LogP contribution is 2.23. The molecule has 0 atom stereocenters. The Morgan fingerprint density at radius 2 is 1.89 bits per heavy atom. The highest BCUT2D eigenvalue weighted by molar-refractivity contribution is 6.31. The Balaban J connectivity index is 1.76. The summed E-state index contributed by atoms with van der Waals surface area (Å²) in [6.45, 7) is 6.54. The zero-order valence-electron chi connectivity index (χ0n) is 16.4. The Morgan fingerprint density at radius 1 is 1.14 bits per heavy atom. The van der Waals surface area contributed by atoms with E-state index in [1.165, 1.54) is 6.08 Å². The van der Waals surface area contributed by atoms with Crippen molar-refractivity contribution in [2.24, 2.45) is 0 Å². The van der Waals surface area contributed by atoms with Crippen molar-refractivity contribution in [3.63, 3.8) is 0 Å². The van der Waals surface area contributed by atoms with Gasteiger partial charge in [-0.1, -0.05) is 67.1 Å². The SMILES string of the molecule is CCc1cccc(C)c1NC(=O)/C=C/c1c(C)nn(Cc2ccccc2)c1Cl. The van der Waals surface area contributed by atoms with Crippen LogP contribution in [0.1, 0.15) is 34.9 Å². The lowest BCUT2D eigenvalue weighted by atomic mass is 10.1. The first-order chi connectivity index (χ1) is 13.5. The van der Waals surface area contributed by atoms with Crippen molar-refractivity contribution in [3.8, 4) is 0 Å². The molecule has 0 aliphatic rings. The normalized spacial score (nSPS) is 11.1. The number of benzene rings is 2. The predicted octanol–water partition coefficient (Wildman–Crippen LogP) is 5.42. The molecule has 1 aromatic heterocycles. The predicted molar refractivity (Wildman–Crippen MR) is 116 cm³/mol. The van der Waals surface area contributed by atoms with Gasteiger partial charge < -0.3 is 5.32 Å². The fraction of sp³-hybridized carbons (Fsp3) is 0.217. The van der Waals surface area contributed by atoms with E-state index in [4.69, 9.17) is 11.6 Å². The van der Waals surface area contributed by atoms with E-state index in [0.29, 0.717) is 11.7 Å². The maximum atomic E-state index is 12.5. The summed E-state index contributed by atoms with van der Waals surface area (Å²) in [6.07, 6.45) is 4.10. The molecular weight excluding hydrogens is 370 g/mol. The Morgan fingerprint density at radius 3 is 2.61 bits per heavy atom. The number of carbonyl (C=O) groups excluding carboxylic acids is 1. The van der Waals surface area contributed by atoms with Crippen molar-refractivity contribution in [1.82, 2.24) is 9.78 Å². The highest BCUT2D eigenvalue weighted by Gasteiger charge is 2.12. The number of hydrogen-bond donors (Lipinski definition) is 1. The third kappa shape index (κ3) is 4.52. The second-order valence-corrected chi connectivity index (χ2v) is 7.08. The summed E-state index contributed by atoms with van der Waals surface area (Å²) in [5.41, 5.74) is 5.70. The highest BCUT2D eigenvalue weighted by atomic mass is 35.5. The fourth-order valence-electron chi connectivity index (χ4n) is 3.14. The number of nitrogens with one attached hydrogen (secondary N) is 1. The van der Waals surface area contributed by atoms with Crippen molar-refractivity contribution in [2.45, 2.75) is 33.7 Å². The minimum Gasteiger partial charge on any atom is -0.322 e. The number of nitrogens with zero attached hydrogens (tertiary/aromatic N) is 2. The molecular formula is C23H24ClN3O. The lowest BCUT2D eigenvalue weighted by Crippen LogP contribution is -2.11. The Labute approximate surface area is 170 Å². The van der Waals surface area contributed by atoms with E-state index in [1.54, 1.807) is 10.8 Å². The van der Waals surface area contributed by atoms with Crippen LogP contribution in [0.25, 0.3) is 6.08 Å². The standard InChI is InChI=1S/C23H24ClN3O/c1-4-19-12-8-9-16(2)22(19)25-21(28)14-13-20-17(3)26-27(23(20)24)15-18-10-6-5-7-11-18/h5-14H,4,15H2,1-3H3,(H,25,28)/b14-13+. The molecule has 28 heavy (non-hydrogen) atoms. The maximum Gasteiger partial charge on any atom is 0.248 e. The summed E-state index contributed by atoms with van der Waals surface area (Å²) in [7, 11) is 0. The van der Waals surface area contributed by atoms with Crippen LogP contribution < -0.4 is 5.32 Å². The molecule has 0 spiro atoms. The van der Waals surface area contributed by atoms with E-state index in [-0.39, 0.29) is 5.91 Å². The van der Waals surface area contributed by atoms with Gasteiger partial charge in [0.15, 0.2) is 0 Å². The first kappa shape index (κ1) is 19.9. The van der Waals surface area contributed by atoms with Gasteiger partial charge in [0.1, 0.15) is 5.15 Å². The molecule has 3 rings (SSSR count). The molecule has 3 aromatic rings. The summed E-state index contributed by atoms with van der Waals surface area (Å²) in [5.74, 6) is -0.185. The van der Waals surface area contributed by atoms with E-state index >= 15 is 0 Å². The lowest BCUT2D eigenvalue weighted by molar-refractivity contribution is -0.111. The van der Waals surface area contributed by atoms with Gasteiger partial charge in [-0.3, -0.25) is 4.79 Å². The molecule has 0 unspecified atom stereocenters. The molecule has 0 saturated heterocycles. The minimum atomic E-state index is -0.185. The number of aromatic nitrogens is 2. The second kappa shape index (κ2) is 8.89. The van der Waals surface area contributed by atoms with E-state index in [2.05, 4.69) is 17.3 Å². The van der Waals surface area contributed by atoms with Gasteiger partial charge in [-0.15, -0.1) is 0 Å². The maximum absolute atomic E-state index is 12.5. The Bertz CT molecular complexity index is 1010. The van der Waals surface area contributed by atoms with E-state index in [0.717, 1.165) is 40.1 Å². The summed E-state index contributed by atoms with van der Waals surface area (Å²) in [4.78, 5) is 12.5. The van der Waals surface area contributed by atoms with Crippen LogP contribution in [0.4, 0.5) is 5.69 Å². The quantitative estimate of drug-likeness (QED) is 0.568. The van der Waals surface area contributed by atoms with Crippen LogP contribution in [0.5, 0.6) is 0 Å². The van der Waals surface area contributed by atoms with Gasteiger partial charge in [0, 0.05) is 17.3 Å². The molecule has 4 nitrogen and oxygen atoms in total. The van der Waals surface area contributed by atoms with Crippen molar-refractivity contribution >= 4 is 29.3 Å². The first-order valence-corrected chi connectivity index (χ1v) is 9.71. The topological polar surface area (TPSA) is 46.9 Å². The van der Waals surface area contributed by atoms with Crippen LogP contribution >= 0.6 is 11.6 Å². The van der Waals surface area contributed by atoms with Gasteiger partial charge in [0.25, 0.3) is 0 Å². The van der Waals surface area contributed by atoms with Crippen molar-refractivity contribution in [3.05, 3.63) is 87.7 Å². The third-order valence-electron chi connectivity index (χ3n) is 4.67. The smallest absolute Gasteiger partial charge is 0.248 e. The van der Waals surface area contributed by atoms with Crippen LogP contribution in [-0.4, -0.2) is 15.7 Å². The minimum absolute atomic E-state index is 0.185. The number of amides is 1. The molecule has 144 valence electrons. The van der Waals surface area contributed by atoms with Crippen molar-refractivity contribution in [2.75, 3.05) is 5.32 Å². The average Bonchev–Trinajstić information content (AvgIpc) is 2.95. The lowest BCUT2D eigenvalue weighted by Gasteiger charge is -2.11. The fourth-order valence-corrected chi connectivity index (χ4v) is 3.44. The number of carbonyl (C=O) groups is 1. The zero-order chi connectivity index (χ0) is 20.1. The molecule has 2 aromatic carbocycles. The monoisotopic (exact) mass is 393 g/mol. The molecule has 0 radical (unpaired) electrons. The number of rotatable bonds is 6. The van der Waals surface area contributed by atoms with E-state index in [9.17, 15) is 4.79 Å². The number of hydrogen-bond acceptors (Lipinski definition) is 2. The van der Waals surface area contributed by atoms with Gasteiger partial charge in [-0.05, 0) is 43.0 Å². The van der Waals surface area contributed by atoms with Gasteiger partial charge in [-0.2, -0.15) is 5.10 Å². The van der Waals surface area contributed by atoms with Gasteiger partial charge in [0.05, 0.1) is 12.2 Å². The molecule has 5 heteroatoms. The van der Waals surface area contributed by atoms with E-state index < -0.39 is 0 Å². The molecule has 0 fully saturated rings. The van der Waals surface area contributed by atoms with Gasteiger partial charge in [-0.25, -0.2) is 4.68 Å². The van der Waals surface area contributed by atoms with Gasteiger partial charge >= 0.3 is 0 Å². The summed E-state index contributed by atoms with van der Waals surface area (Å²) in [5, 5.41) is 8.02. The molecule has 0 aliphatic heterocycles. The Hall–Kier alpha value is -2.85. The largest absolute Gasteiger partial charge is 0.322 e. The second-order valence-electron chi connectivity index (χ2n) is 6.72. The molecule has 0 saturated carbocycles. The molecule has 0 bridgehead atoms. The summed E-state index contributed by atoms with van der Waals surface area (Å²) in [6, 6.07) is 16.0. The summed E-state index contributed by atoms with van der Waals surface area (Å²) >= 11 is 6.51. The van der Waals surface area contributed by atoms with Crippen LogP contribution in [0.2, 0.25) is 5.15 Å². The number of para-hydroxylation sites is 1. The number of anilines is 1. The summed E-state index contributed by atoms with van der Waals surface area (Å²) < 4.78 is 1.75. The third-order valence-corrected chi connectivity index (χ3v) is 5.07. The average molecular weight is 394 g/mol. The van der Waals surface area contributed by atoms with Crippen LogP contribution in [0.3, 0.4) is 0 Å².